The van der Waals surface area contributed by atoms with Crippen molar-refractivity contribution in [1.29, 1.82) is 0 Å². The first-order valence-corrected chi connectivity index (χ1v) is 4.88. The molecule has 2 N–H and O–H groups in total. The molecule has 2 aromatic heterocycles. The predicted octanol–water partition coefficient (Wildman–Crippen LogP) is 0.108. The number of ether oxygens (including phenoxy) is 1. The third-order valence-corrected chi connectivity index (χ3v) is 2.26. The van der Waals surface area contributed by atoms with E-state index in [9.17, 15) is 0 Å². The zero-order valence-electron chi connectivity index (χ0n) is 9.51. The number of nitrogens with two attached hydrogens (primary N) is 1. The summed E-state index contributed by atoms with van der Waals surface area (Å²) in [5.41, 5.74) is 7.37. The molecule has 2 aromatic rings. The first-order chi connectivity index (χ1) is 7.61. The van der Waals surface area contributed by atoms with Crippen molar-refractivity contribution >= 4 is 0 Å². The highest BCUT2D eigenvalue weighted by atomic mass is 16.5. The van der Waals surface area contributed by atoms with Crippen molar-refractivity contribution in [2.75, 3.05) is 0 Å². The van der Waals surface area contributed by atoms with E-state index in [1.165, 1.54) is 0 Å². The van der Waals surface area contributed by atoms with Gasteiger partial charge in [-0.2, -0.15) is 10.1 Å². The van der Waals surface area contributed by atoms with Crippen molar-refractivity contribution in [3.05, 3.63) is 17.6 Å². The second kappa shape index (κ2) is 3.93. The molecule has 0 aromatic carbocycles. The quantitative estimate of drug-likeness (QED) is 0.796. The Morgan fingerprint density at radius 3 is 2.69 bits per heavy atom. The van der Waals surface area contributed by atoms with Gasteiger partial charge >= 0.3 is 6.01 Å². The van der Waals surface area contributed by atoms with Crippen LogP contribution in [-0.2, 0) is 20.6 Å². The van der Waals surface area contributed by atoms with Crippen LogP contribution >= 0.6 is 0 Å². The van der Waals surface area contributed by atoms with Crippen molar-refractivity contribution < 1.29 is 4.74 Å². The molecular weight excluding hydrogens is 208 g/mol. The lowest BCUT2D eigenvalue weighted by atomic mass is 10.2. The van der Waals surface area contributed by atoms with Gasteiger partial charge in [0.1, 0.15) is 6.33 Å². The molecule has 0 aliphatic rings. The lowest BCUT2D eigenvalue weighted by molar-refractivity contribution is 0.393. The second-order valence-electron chi connectivity index (χ2n) is 3.50. The molecule has 0 bridgehead atoms. The fraction of sp³-hybridized carbons (Fsp3) is 0.444. The van der Waals surface area contributed by atoms with E-state index in [2.05, 4.69) is 15.2 Å². The van der Waals surface area contributed by atoms with Crippen molar-refractivity contribution in [1.82, 2.24) is 24.5 Å². The van der Waals surface area contributed by atoms with Crippen LogP contribution in [-0.4, -0.2) is 24.5 Å². The molecule has 16 heavy (non-hydrogen) atoms. The summed E-state index contributed by atoms with van der Waals surface area (Å²) in [6.45, 7) is 2.27. The highest BCUT2D eigenvalue weighted by molar-refractivity contribution is 5.32. The highest BCUT2D eigenvalue weighted by Gasteiger charge is 2.15. The summed E-state index contributed by atoms with van der Waals surface area (Å²) in [5.74, 6) is 0.589. The summed E-state index contributed by atoms with van der Waals surface area (Å²) < 4.78 is 8.75. The van der Waals surface area contributed by atoms with Gasteiger partial charge in [-0.15, -0.1) is 5.10 Å². The first-order valence-electron chi connectivity index (χ1n) is 4.88. The second-order valence-corrected chi connectivity index (χ2v) is 3.50. The Bertz CT molecular complexity index is 500. The van der Waals surface area contributed by atoms with Crippen LogP contribution in [0.15, 0.2) is 6.33 Å². The van der Waals surface area contributed by atoms with E-state index in [1.807, 2.05) is 6.92 Å². The zero-order chi connectivity index (χ0) is 11.7. The highest BCUT2D eigenvalue weighted by Crippen LogP contribution is 2.24. The fourth-order valence-corrected chi connectivity index (χ4v) is 1.50. The molecule has 0 saturated heterocycles. The van der Waals surface area contributed by atoms with E-state index in [1.54, 1.807) is 29.8 Å². The molecule has 0 atom stereocenters. The minimum Gasteiger partial charge on any atom is -0.404 e. The van der Waals surface area contributed by atoms with Gasteiger partial charge in [-0.1, -0.05) is 0 Å². The normalized spacial score (nSPS) is 10.8. The monoisotopic (exact) mass is 222 g/mol. The van der Waals surface area contributed by atoms with Gasteiger partial charge in [-0.05, 0) is 6.92 Å². The Kier molecular flexibility index (Phi) is 2.61. The third kappa shape index (κ3) is 1.76. The summed E-state index contributed by atoms with van der Waals surface area (Å²) in [6, 6.07) is 0.292. The van der Waals surface area contributed by atoms with Crippen LogP contribution in [0, 0.1) is 6.92 Å². The van der Waals surface area contributed by atoms with Crippen molar-refractivity contribution in [2.24, 2.45) is 19.8 Å². The largest absolute Gasteiger partial charge is 0.404 e. The van der Waals surface area contributed by atoms with Gasteiger partial charge in [0.15, 0.2) is 0 Å². The molecule has 0 radical (unpaired) electrons. The Morgan fingerprint density at radius 1 is 1.38 bits per heavy atom. The Hall–Kier alpha value is -1.89. The van der Waals surface area contributed by atoms with Crippen LogP contribution in [0.3, 0.4) is 0 Å². The predicted molar refractivity (Wildman–Crippen MR) is 56.9 cm³/mol. The minimum absolute atomic E-state index is 0.292. The Morgan fingerprint density at radius 2 is 2.12 bits per heavy atom. The molecule has 0 unspecified atom stereocenters. The maximum atomic E-state index is 5.64. The van der Waals surface area contributed by atoms with Crippen LogP contribution in [0.4, 0.5) is 0 Å². The lowest BCUT2D eigenvalue weighted by Gasteiger charge is -2.03. The molecule has 86 valence electrons. The van der Waals surface area contributed by atoms with Crippen molar-refractivity contribution in [2.45, 2.75) is 13.5 Å². The molecular formula is C9H14N6O. The lowest BCUT2D eigenvalue weighted by Crippen LogP contribution is -2.02. The molecule has 0 amide bonds. The van der Waals surface area contributed by atoms with E-state index < -0.39 is 0 Å². The number of nitrogens with zero attached hydrogens (tertiary/aromatic N) is 5. The maximum absolute atomic E-state index is 5.64. The number of aromatic nitrogens is 5. The SMILES string of the molecule is Cc1nn(C)c(Oc2ncn(C)n2)c1CN. The third-order valence-electron chi connectivity index (χ3n) is 2.26. The summed E-state index contributed by atoms with van der Waals surface area (Å²) in [5, 5.41) is 8.27. The molecule has 7 nitrogen and oxygen atoms in total. The van der Waals surface area contributed by atoms with E-state index in [0.717, 1.165) is 11.3 Å². The maximum Gasteiger partial charge on any atom is 0.342 e. The molecule has 2 rings (SSSR count). The van der Waals surface area contributed by atoms with Crippen LogP contribution in [0.2, 0.25) is 0 Å². The average molecular weight is 222 g/mol. The van der Waals surface area contributed by atoms with Gasteiger partial charge in [0.05, 0.1) is 11.3 Å². The standard InChI is InChI=1S/C9H14N6O/c1-6-7(4-10)8(15(3)12-6)16-9-11-5-14(2)13-9/h5H,4,10H2,1-3H3. The van der Waals surface area contributed by atoms with Crippen LogP contribution in [0.1, 0.15) is 11.3 Å². The van der Waals surface area contributed by atoms with E-state index >= 15 is 0 Å². The Balaban J connectivity index is 2.33. The van der Waals surface area contributed by atoms with Gasteiger partial charge in [0.2, 0.25) is 5.88 Å². The van der Waals surface area contributed by atoms with Gasteiger partial charge < -0.3 is 10.5 Å². The molecule has 7 heteroatoms. The number of hydrogen-bond donors (Lipinski definition) is 1. The van der Waals surface area contributed by atoms with Gasteiger partial charge in [-0.25, -0.2) is 4.68 Å². The number of rotatable bonds is 3. The number of hydrogen-bond acceptors (Lipinski definition) is 5. The molecule has 2 heterocycles. The van der Waals surface area contributed by atoms with E-state index in [-0.39, 0.29) is 0 Å². The fourth-order valence-electron chi connectivity index (χ4n) is 1.50. The molecule has 0 aliphatic heterocycles. The van der Waals surface area contributed by atoms with Crippen molar-refractivity contribution in [3.8, 4) is 11.9 Å². The first kappa shape index (κ1) is 10.6. The Labute approximate surface area is 92.8 Å². The van der Waals surface area contributed by atoms with Gasteiger partial charge in [-0.3, -0.25) is 4.68 Å². The van der Waals surface area contributed by atoms with Gasteiger partial charge in [0, 0.05) is 20.6 Å². The number of aryl methyl sites for hydroxylation is 3. The topological polar surface area (TPSA) is 83.8 Å². The molecule has 0 saturated carbocycles. The summed E-state index contributed by atoms with van der Waals surface area (Å²) >= 11 is 0. The van der Waals surface area contributed by atoms with E-state index in [0.29, 0.717) is 18.4 Å². The smallest absolute Gasteiger partial charge is 0.342 e. The van der Waals surface area contributed by atoms with Crippen LogP contribution in [0.5, 0.6) is 11.9 Å². The van der Waals surface area contributed by atoms with Gasteiger partial charge in [0.25, 0.3) is 0 Å². The molecule has 0 spiro atoms. The average Bonchev–Trinajstić information content (AvgIpc) is 2.73. The molecule has 0 fully saturated rings. The summed E-state index contributed by atoms with van der Waals surface area (Å²) in [4.78, 5) is 3.98. The zero-order valence-corrected chi connectivity index (χ0v) is 9.51. The summed E-state index contributed by atoms with van der Waals surface area (Å²) in [7, 11) is 3.57. The summed E-state index contributed by atoms with van der Waals surface area (Å²) in [6.07, 6.45) is 1.57. The minimum atomic E-state index is 0.292. The van der Waals surface area contributed by atoms with E-state index in [4.69, 9.17) is 10.5 Å². The molecule has 0 aliphatic carbocycles. The van der Waals surface area contributed by atoms with Crippen molar-refractivity contribution in [3.63, 3.8) is 0 Å². The van der Waals surface area contributed by atoms with Crippen LogP contribution < -0.4 is 10.5 Å². The van der Waals surface area contributed by atoms with Crippen LogP contribution in [0.25, 0.3) is 0 Å².